The molecule has 0 atom stereocenters. The van der Waals surface area contributed by atoms with Crippen LogP contribution in [0.4, 0.5) is 0 Å². The molecule has 0 spiro atoms. The second-order valence-corrected chi connectivity index (χ2v) is 2.83. The Morgan fingerprint density at radius 3 is 3.07 bits per heavy atom. The molecule has 1 amide bonds. The van der Waals surface area contributed by atoms with Crippen LogP contribution in [0.25, 0.3) is 6.08 Å². The Morgan fingerprint density at radius 1 is 1.64 bits per heavy atom. The second-order valence-electron chi connectivity index (χ2n) is 2.83. The molecule has 4 heteroatoms. The monoisotopic (exact) mass is 191 g/mol. The van der Waals surface area contributed by atoms with Gasteiger partial charge in [0.15, 0.2) is 0 Å². The van der Waals surface area contributed by atoms with E-state index < -0.39 is 5.91 Å². The van der Waals surface area contributed by atoms with Crippen molar-refractivity contribution in [1.82, 2.24) is 10.3 Å². The highest BCUT2D eigenvalue weighted by atomic mass is 16.1. The first-order chi connectivity index (χ1) is 6.74. The number of pyridine rings is 1. The normalized spacial score (nSPS) is 10.6. The third-order valence-electron chi connectivity index (χ3n) is 1.68. The summed E-state index contributed by atoms with van der Waals surface area (Å²) in [5.74, 6) is -0.457. The molecule has 1 heterocycles. The van der Waals surface area contributed by atoms with Gasteiger partial charge in [-0.05, 0) is 18.7 Å². The van der Waals surface area contributed by atoms with Crippen LogP contribution in [0.1, 0.15) is 15.9 Å². The molecule has 0 aromatic carbocycles. The fourth-order valence-corrected chi connectivity index (χ4v) is 0.996. The summed E-state index contributed by atoms with van der Waals surface area (Å²) in [6.07, 6.45) is 6.97. The Labute approximate surface area is 82.8 Å². The van der Waals surface area contributed by atoms with E-state index in [9.17, 15) is 4.79 Å². The van der Waals surface area contributed by atoms with E-state index in [2.05, 4.69) is 10.3 Å². The molecule has 0 unspecified atom stereocenters. The molecule has 0 radical (unpaired) electrons. The van der Waals surface area contributed by atoms with Gasteiger partial charge in [-0.2, -0.15) is 0 Å². The number of carbonyl (C=O) groups is 1. The van der Waals surface area contributed by atoms with Crippen molar-refractivity contribution in [3.05, 3.63) is 35.7 Å². The second kappa shape index (κ2) is 5.14. The van der Waals surface area contributed by atoms with E-state index in [0.717, 1.165) is 12.1 Å². The third kappa shape index (κ3) is 2.99. The van der Waals surface area contributed by atoms with Crippen molar-refractivity contribution in [2.75, 3.05) is 13.6 Å². The minimum Gasteiger partial charge on any atom is -0.366 e. The van der Waals surface area contributed by atoms with Gasteiger partial charge in [0.25, 0.3) is 0 Å². The molecule has 0 bridgehead atoms. The highest BCUT2D eigenvalue weighted by Crippen LogP contribution is 2.03. The molecule has 1 aromatic rings. The quantitative estimate of drug-likeness (QED) is 0.724. The van der Waals surface area contributed by atoms with Crippen LogP contribution in [-0.4, -0.2) is 24.5 Å². The van der Waals surface area contributed by atoms with Gasteiger partial charge in [-0.25, -0.2) is 0 Å². The standard InChI is InChI=1S/C10H13N3O/c1-12-4-2-3-8-5-9(10(11)14)7-13-6-8/h2-3,5-7,12H,4H2,1H3,(H2,11,14). The molecule has 0 fully saturated rings. The Hall–Kier alpha value is -1.68. The van der Waals surface area contributed by atoms with Crippen molar-refractivity contribution in [3.8, 4) is 0 Å². The molecule has 74 valence electrons. The van der Waals surface area contributed by atoms with Gasteiger partial charge < -0.3 is 11.1 Å². The average Bonchev–Trinajstić information content (AvgIpc) is 2.19. The molecule has 0 saturated carbocycles. The maximum atomic E-state index is 10.8. The number of nitrogens with zero attached hydrogens (tertiary/aromatic N) is 1. The number of amides is 1. The van der Waals surface area contributed by atoms with Gasteiger partial charge in [0.2, 0.25) is 5.91 Å². The summed E-state index contributed by atoms with van der Waals surface area (Å²) in [7, 11) is 1.86. The highest BCUT2D eigenvalue weighted by Gasteiger charge is 1.99. The van der Waals surface area contributed by atoms with Gasteiger partial charge in [-0.15, -0.1) is 0 Å². The molecule has 0 aliphatic heterocycles. The molecule has 1 rings (SSSR count). The molecule has 0 aliphatic rings. The van der Waals surface area contributed by atoms with E-state index in [1.165, 1.54) is 6.20 Å². The lowest BCUT2D eigenvalue weighted by molar-refractivity contribution is 0.1000. The van der Waals surface area contributed by atoms with Gasteiger partial charge in [0.05, 0.1) is 5.56 Å². The topological polar surface area (TPSA) is 68.0 Å². The predicted molar refractivity (Wildman–Crippen MR) is 55.7 cm³/mol. The van der Waals surface area contributed by atoms with Gasteiger partial charge >= 0.3 is 0 Å². The summed E-state index contributed by atoms with van der Waals surface area (Å²) < 4.78 is 0. The summed E-state index contributed by atoms with van der Waals surface area (Å²) in [5.41, 5.74) is 6.42. The van der Waals surface area contributed by atoms with Crippen LogP contribution < -0.4 is 11.1 Å². The molecule has 3 N–H and O–H groups in total. The Bertz CT molecular complexity index is 347. The molecular weight excluding hydrogens is 178 g/mol. The lowest BCUT2D eigenvalue weighted by atomic mass is 10.2. The third-order valence-corrected chi connectivity index (χ3v) is 1.68. The van der Waals surface area contributed by atoms with Crippen LogP contribution in [0, 0.1) is 0 Å². The van der Waals surface area contributed by atoms with Gasteiger partial charge in [-0.1, -0.05) is 12.2 Å². The molecule has 0 aliphatic carbocycles. The number of rotatable bonds is 4. The maximum Gasteiger partial charge on any atom is 0.250 e. The van der Waals surface area contributed by atoms with Crippen LogP contribution in [0.5, 0.6) is 0 Å². The summed E-state index contributed by atoms with van der Waals surface area (Å²) in [6, 6.07) is 1.71. The Balaban J connectivity index is 2.78. The van der Waals surface area contributed by atoms with Gasteiger partial charge in [-0.3, -0.25) is 9.78 Å². The van der Waals surface area contributed by atoms with E-state index in [1.807, 2.05) is 19.2 Å². The van der Waals surface area contributed by atoms with E-state index in [-0.39, 0.29) is 0 Å². The first kappa shape index (κ1) is 10.4. The molecule has 1 aromatic heterocycles. The summed E-state index contributed by atoms with van der Waals surface area (Å²) >= 11 is 0. The van der Waals surface area contributed by atoms with Crippen LogP contribution >= 0.6 is 0 Å². The number of nitrogens with two attached hydrogens (primary N) is 1. The minimum absolute atomic E-state index is 0.427. The van der Waals surface area contributed by atoms with Crippen LogP contribution in [-0.2, 0) is 0 Å². The summed E-state index contributed by atoms with van der Waals surface area (Å²) in [4.78, 5) is 14.7. The number of nitrogens with one attached hydrogen (secondary N) is 1. The van der Waals surface area contributed by atoms with Crippen molar-refractivity contribution in [1.29, 1.82) is 0 Å². The van der Waals surface area contributed by atoms with Crippen molar-refractivity contribution in [2.45, 2.75) is 0 Å². The zero-order valence-electron chi connectivity index (χ0n) is 8.03. The SMILES string of the molecule is CNCC=Cc1cncc(C(N)=O)c1. The molecule has 4 nitrogen and oxygen atoms in total. The Morgan fingerprint density at radius 2 is 2.43 bits per heavy atom. The van der Waals surface area contributed by atoms with E-state index in [4.69, 9.17) is 5.73 Å². The van der Waals surface area contributed by atoms with Crippen molar-refractivity contribution in [3.63, 3.8) is 0 Å². The zero-order chi connectivity index (χ0) is 10.4. The zero-order valence-corrected chi connectivity index (χ0v) is 8.03. The van der Waals surface area contributed by atoms with E-state index >= 15 is 0 Å². The lowest BCUT2D eigenvalue weighted by Crippen LogP contribution is -2.11. The largest absolute Gasteiger partial charge is 0.366 e. The predicted octanol–water partition coefficient (Wildman–Crippen LogP) is 0.413. The first-order valence-electron chi connectivity index (χ1n) is 4.30. The highest BCUT2D eigenvalue weighted by molar-refractivity contribution is 5.92. The van der Waals surface area contributed by atoms with E-state index in [0.29, 0.717) is 5.56 Å². The molecule has 14 heavy (non-hydrogen) atoms. The van der Waals surface area contributed by atoms with Crippen molar-refractivity contribution >= 4 is 12.0 Å². The van der Waals surface area contributed by atoms with Crippen LogP contribution in [0.2, 0.25) is 0 Å². The number of hydrogen-bond acceptors (Lipinski definition) is 3. The molecular formula is C10H13N3O. The van der Waals surface area contributed by atoms with Gasteiger partial charge in [0, 0.05) is 18.9 Å². The van der Waals surface area contributed by atoms with Crippen LogP contribution in [0.15, 0.2) is 24.5 Å². The smallest absolute Gasteiger partial charge is 0.250 e. The number of hydrogen-bond donors (Lipinski definition) is 2. The maximum absolute atomic E-state index is 10.8. The first-order valence-corrected chi connectivity index (χ1v) is 4.30. The fraction of sp³-hybridized carbons (Fsp3) is 0.200. The number of aromatic nitrogens is 1. The molecule has 0 saturated heterocycles. The van der Waals surface area contributed by atoms with E-state index in [1.54, 1.807) is 12.3 Å². The van der Waals surface area contributed by atoms with Crippen molar-refractivity contribution in [2.24, 2.45) is 5.73 Å². The van der Waals surface area contributed by atoms with Crippen molar-refractivity contribution < 1.29 is 4.79 Å². The Kier molecular flexibility index (Phi) is 3.82. The summed E-state index contributed by atoms with van der Waals surface area (Å²) in [5, 5.41) is 2.98. The number of carbonyl (C=O) groups excluding carboxylic acids is 1. The fourth-order valence-electron chi connectivity index (χ4n) is 0.996. The number of likely N-dealkylation sites (N-methyl/N-ethyl adjacent to an activating group) is 1. The average molecular weight is 191 g/mol. The van der Waals surface area contributed by atoms with Crippen LogP contribution in [0.3, 0.4) is 0 Å². The minimum atomic E-state index is -0.457. The number of primary amides is 1. The lowest BCUT2D eigenvalue weighted by Gasteiger charge is -1.96. The van der Waals surface area contributed by atoms with Gasteiger partial charge in [0.1, 0.15) is 0 Å². The summed E-state index contributed by atoms with van der Waals surface area (Å²) in [6.45, 7) is 0.779.